The molecule has 72 valence electrons. The van der Waals surface area contributed by atoms with Gasteiger partial charge in [0.25, 0.3) is 0 Å². The van der Waals surface area contributed by atoms with E-state index < -0.39 is 0 Å². The highest BCUT2D eigenvalue weighted by atomic mass is 35.5. The van der Waals surface area contributed by atoms with E-state index in [0.29, 0.717) is 0 Å². The first-order chi connectivity index (χ1) is 6.11. The molecule has 2 N–H and O–H groups in total. The van der Waals surface area contributed by atoms with E-state index in [0.717, 1.165) is 23.4 Å². The maximum absolute atomic E-state index is 6.14. The molecular formula is C11H16ClN. The first-order valence-electron chi connectivity index (χ1n) is 4.61. The third-order valence-corrected chi connectivity index (χ3v) is 2.68. The predicted molar refractivity (Wildman–Crippen MR) is 58.2 cm³/mol. The molecule has 1 atom stereocenters. The Kier molecular flexibility index (Phi) is 3.76. The predicted octanol–water partition coefficient (Wildman–Crippen LogP) is 2.93. The lowest BCUT2D eigenvalue weighted by atomic mass is 10.0. The van der Waals surface area contributed by atoms with Gasteiger partial charge in [-0.1, -0.05) is 29.8 Å². The normalized spacial score (nSPS) is 12.9. The van der Waals surface area contributed by atoms with Crippen LogP contribution in [0.2, 0.25) is 5.02 Å². The molecule has 1 rings (SSSR count). The van der Waals surface area contributed by atoms with E-state index in [-0.39, 0.29) is 6.04 Å². The Hall–Kier alpha value is -0.530. The van der Waals surface area contributed by atoms with Gasteiger partial charge in [0.1, 0.15) is 0 Å². The van der Waals surface area contributed by atoms with Crippen LogP contribution in [0, 0.1) is 6.92 Å². The van der Waals surface area contributed by atoms with Crippen molar-refractivity contribution in [1.82, 2.24) is 0 Å². The Balaban J connectivity index is 2.71. The van der Waals surface area contributed by atoms with Gasteiger partial charge >= 0.3 is 0 Å². The standard InChI is InChI=1S/C11H16ClN/c1-8-4-3-5-10(11(8)12)7-6-9(2)13/h3-5,9H,6-7,13H2,1-2H3/t9-/m0/s1. The van der Waals surface area contributed by atoms with Gasteiger partial charge in [-0.3, -0.25) is 0 Å². The SMILES string of the molecule is Cc1cccc(CC[C@H](C)N)c1Cl. The van der Waals surface area contributed by atoms with Crippen molar-refractivity contribution in [2.24, 2.45) is 5.73 Å². The molecule has 0 aliphatic heterocycles. The average Bonchev–Trinajstić information content (AvgIpc) is 2.07. The third kappa shape index (κ3) is 3.02. The lowest BCUT2D eigenvalue weighted by Gasteiger charge is -2.08. The maximum atomic E-state index is 6.14. The van der Waals surface area contributed by atoms with Crippen molar-refractivity contribution in [2.75, 3.05) is 0 Å². The zero-order valence-corrected chi connectivity index (χ0v) is 8.93. The molecule has 0 unspecified atom stereocenters. The highest BCUT2D eigenvalue weighted by molar-refractivity contribution is 6.32. The van der Waals surface area contributed by atoms with Crippen molar-refractivity contribution in [3.8, 4) is 0 Å². The van der Waals surface area contributed by atoms with Crippen molar-refractivity contribution in [1.29, 1.82) is 0 Å². The first-order valence-corrected chi connectivity index (χ1v) is 4.98. The summed E-state index contributed by atoms with van der Waals surface area (Å²) in [7, 11) is 0. The van der Waals surface area contributed by atoms with E-state index in [2.05, 4.69) is 6.07 Å². The fraction of sp³-hybridized carbons (Fsp3) is 0.455. The van der Waals surface area contributed by atoms with Crippen LogP contribution in [0.1, 0.15) is 24.5 Å². The molecule has 1 nitrogen and oxygen atoms in total. The molecule has 0 heterocycles. The van der Waals surface area contributed by atoms with Crippen molar-refractivity contribution >= 4 is 11.6 Å². The molecular weight excluding hydrogens is 182 g/mol. The number of benzene rings is 1. The van der Waals surface area contributed by atoms with Gasteiger partial charge in [0, 0.05) is 11.1 Å². The summed E-state index contributed by atoms with van der Waals surface area (Å²) in [6, 6.07) is 6.38. The minimum atomic E-state index is 0.247. The van der Waals surface area contributed by atoms with E-state index in [1.807, 2.05) is 26.0 Å². The van der Waals surface area contributed by atoms with Crippen LogP contribution in [0.25, 0.3) is 0 Å². The molecule has 0 fully saturated rings. The minimum absolute atomic E-state index is 0.247. The van der Waals surface area contributed by atoms with Gasteiger partial charge in [0.15, 0.2) is 0 Å². The topological polar surface area (TPSA) is 26.0 Å². The molecule has 0 amide bonds. The Labute approximate surface area is 84.9 Å². The molecule has 1 aromatic rings. The van der Waals surface area contributed by atoms with Gasteiger partial charge in [0.05, 0.1) is 0 Å². The molecule has 1 aromatic carbocycles. The van der Waals surface area contributed by atoms with Gasteiger partial charge in [-0.05, 0) is 37.8 Å². The fourth-order valence-electron chi connectivity index (χ4n) is 1.28. The van der Waals surface area contributed by atoms with Gasteiger partial charge in [-0.15, -0.1) is 0 Å². The van der Waals surface area contributed by atoms with E-state index in [1.54, 1.807) is 0 Å². The highest BCUT2D eigenvalue weighted by Gasteiger charge is 2.03. The average molecular weight is 198 g/mol. The van der Waals surface area contributed by atoms with E-state index in [1.165, 1.54) is 5.56 Å². The number of hydrogen-bond acceptors (Lipinski definition) is 1. The summed E-state index contributed by atoms with van der Waals surface area (Å²) >= 11 is 6.14. The van der Waals surface area contributed by atoms with Crippen LogP contribution in [-0.2, 0) is 6.42 Å². The minimum Gasteiger partial charge on any atom is -0.328 e. The second-order valence-corrected chi connectivity index (χ2v) is 3.94. The third-order valence-electron chi connectivity index (χ3n) is 2.14. The van der Waals surface area contributed by atoms with Crippen LogP contribution in [-0.4, -0.2) is 6.04 Å². The number of nitrogens with two attached hydrogens (primary N) is 1. The zero-order chi connectivity index (χ0) is 9.84. The van der Waals surface area contributed by atoms with E-state index in [9.17, 15) is 0 Å². The number of halogens is 1. The molecule has 0 saturated heterocycles. The maximum Gasteiger partial charge on any atom is 0.0467 e. The highest BCUT2D eigenvalue weighted by Crippen LogP contribution is 2.21. The summed E-state index contributed by atoms with van der Waals surface area (Å²) in [6.07, 6.45) is 1.96. The molecule has 13 heavy (non-hydrogen) atoms. The van der Waals surface area contributed by atoms with Crippen LogP contribution in [0.4, 0.5) is 0 Å². The second-order valence-electron chi connectivity index (χ2n) is 3.56. The van der Waals surface area contributed by atoms with Crippen LogP contribution in [0.5, 0.6) is 0 Å². The number of rotatable bonds is 3. The lowest BCUT2D eigenvalue weighted by molar-refractivity contribution is 0.666. The van der Waals surface area contributed by atoms with E-state index >= 15 is 0 Å². The van der Waals surface area contributed by atoms with Gasteiger partial charge in [-0.25, -0.2) is 0 Å². The van der Waals surface area contributed by atoms with Gasteiger partial charge < -0.3 is 5.73 Å². The molecule has 0 bridgehead atoms. The number of hydrogen-bond donors (Lipinski definition) is 1. The molecule has 0 saturated carbocycles. The first kappa shape index (κ1) is 10.6. The molecule has 2 heteroatoms. The van der Waals surface area contributed by atoms with Crippen LogP contribution < -0.4 is 5.73 Å². The zero-order valence-electron chi connectivity index (χ0n) is 8.18. The monoisotopic (exact) mass is 197 g/mol. The smallest absolute Gasteiger partial charge is 0.0467 e. The molecule has 0 aromatic heterocycles. The Bertz CT molecular complexity index is 281. The second kappa shape index (κ2) is 4.64. The summed E-state index contributed by atoms with van der Waals surface area (Å²) in [5.74, 6) is 0. The summed E-state index contributed by atoms with van der Waals surface area (Å²) in [6.45, 7) is 4.04. The van der Waals surface area contributed by atoms with Crippen molar-refractivity contribution in [3.05, 3.63) is 34.3 Å². The Morgan fingerprint density at radius 3 is 2.77 bits per heavy atom. The molecule has 0 radical (unpaired) electrons. The Morgan fingerprint density at radius 1 is 1.46 bits per heavy atom. The van der Waals surface area contributed by atoms with Crippen molar-refractivity contribution < 1.29 is 0 Å². The van der Waals surface area contributed by atoms with Crippen molar-refractivity contribution in [3.63, 3.8) is 0 Å². The fourth-order valence-corrected chi connectivity index (χ4v) is 1.50. The van der Waals surface area contributed by atoms with Gasteiger partial charge in [0.2, 0.25) is 0 Å². The lowest BCUT2D eigenvalue weighted by Crippen LogP contribution is -2.15. The van der Waals surface area contributed by atoms with E-state index in [4.69, 9.17) is 17.3 Å². The van der Waals surface area contributed by atoms with Crippen molar-refractivity contribution in [2.45, 2.75) is 32.7 Å². The summed E-state index contributed by atoms with van der Waals surface area (Å²) in [4.78, 5) is 0. The van der Waals surface area contributed by atoms with Crippen LogP contribution >= 0.6 is 11.6 Å². The van der Waals surface area contributed by atoms with Crippen LogP contribution in [0.3, 0.4) is 0 Å². The van der Waals surface area contributed by atoms with Crippen LogP contribution in [0.15, 0.2) is 18.2 Å². The molecule has 0 spiro atoms. The quantitative estimate of drug-likeness (QED) is 0.793. The summed E-state index contributed by atoms with van der Waals surface area (Å²) in [5, 5.41) is 0.892. The number of aryl methyl sites for hydroxylation is 2. The Morgan fingerprint density at radius 2 is 2.15 bits per heavy atom. The van der Waals surface area contributed by atoms with Gasteiger partial charge in [-0.2, -0.15) is 0 Å². The summed E-state index contributed by atoms with van der Waals surface area (Å²) in [5.41, 5.74) is 8.04. The molecule has 0 aliphatic carbocycles. The summed E-state index contributed by atoms with van der Waals surface area (Å²) < 4.78 is 0. The largest absolute Gasteiger partial charge is 0.328 e. The molecule has 0 aliphatic rings.